The summed E-state index contributed by atoms with van der Waals surface area (Å²) in [6, 6.07) is 8.01. The maximum atomic E-state index is 13.1. The van der Waals surface area contributed by atoms with E-state index < -0.39 is 11.6 Å². The second-order valence-corrected chi connectivity index (χ2v) is 9.89. The Morgan fingerprint density at radius 2 is 1.67 bits per heavy atom. The Morgan fingerprint density at radius 3 is 2.11 bits per heavy atom. The summed E-state index contributed by atoms with van der Waals surface area (Å²) >= 11 is 2.74. The van der Waals surface area contributed by atoms with Crippen LogP contribution in [0.3, 0.4) is 0 Å². The molecule has 3 saturated heterocycles. The van der Waals surface area contributed by atoms with E-state index in [4.69, 9.17) is 9.47 Å². The first-order chi connectivity index (χ1) is 12.4. The average molecular weight is 481 g/mol. The van der Waals surface area contributed by atoms with Gasteiger partial charge in [-0.3, -0.25) is 0 Å². The maximum absolute atomic E-state index is 13.1. The zero-order chi connectivity index (χ0) is 18.1. The molecule has 0 aromatic carbocycles. The van der Waals surface area contributed by atoms with Gasteiger partial charge in [-0.2, -0.15) is 0 Å². The van der Waals surface area contributed by atoms with Crippen LogP contribution in [0.1, 0.15) is 22.6 Å². The third kappa shape index (κ3) is 3.01. The number of likely N-dealkylation sites (N-methyl/N-ethyl adjacent to an activating group) is 1. The molecule has 8 heteroatoms. The van der Waals surface area contributed by atoms with Crippen LogP contribution in [0.5, 0.6) is 0 Å². The van der Waals surface area contributed by atoms with Crippen LogP contribution in [-0.2, 0) is 52.6 Å². The molecule has 4 unspecified atom stereocenters. The summed E-state index contributed by atoms with van der Waals surface area (Å²) in [6.45, 7) is 0. The van der Waals surface area contributed by atoms with Gasteiger partial charge in [-0.05, 0) is 22.9 Å². The summed E-state index contributed by atoms with van der Waals surface area (Å²) in [5.41, 5.74) is -1.72. The van der Waals surface area contributed by atoms with Crippen molar-refractivity contribution in [2.24, 2.45) is 0 Å². The number of esters is 1. The number of nitrogens with zero attached hydrogens (tertiary/aromatic N) is 1. The first kappa shape index (κ1) is 20.1. The molecule has 5 nitrogen and oxygen atoms in total. The third-order valence-corrected chi connectivity index (χ3v) is 8.32. The SMILES string of the molecule is C[N+]1(C)C2CC(OC(=O)C(O)(c3cccs3)c3cccs3)CC1[C@H]1OC21.[Y]. The number of hydrogen-bond donors (Lipinski definition) is 1. The molecule has 3 aliphatic rings. The standard InChI is InChI=1S/C19H22NO4S2.Y/c1-20(2)12-9-11(10-13(20)17-16(12)24-17)23-18(21)19(22,14-5-3-7-25-14)15-6-4-8-26-15;/h3-8,11-13,16-17,22H,9-10H2,1-2H3;/q+1;/t11?,12?,13?,16-,17?;/m1./s1. The summed E-state index contributed by atoms with van der Waals surface area (Å²) < 4.78 is 12.6. The molecule has 5 rings (SSSR count). The van der Waals surface area contributed by atoms with E-state index in [0.717, 1.165) is 17.3 Å². The predicted molar refractivity (Wildman–Crippen MR) is 99.1 cm³/mol. The number of rotatable bonds is 4. The Hall–Kier alpha value is -0.146. The number of quaternary nitrogens is 1. The molecule has 1 radical (unpaired) electrons. The number of epoxide rings is 1. The third-order valence-electron chi connectivity index (χ3n) is 6.36. The minimum absolute atomic E-state index is 0. The Balaban J connectivity index is 0.00000180. The summed E-state index contributed by atoms with van der Waals surface area (Å²) in [6.07, 6.45) is 2.05. The van der Waals surface area contributed by atoms with E-state index >= 15 is 0 Å². The van der Waals surface area contributed by atoms with Gasteiger partial charge in [-0.25, -0.2) is 4.79 Å². The summed E-state index contributed by atoms with van der Waals surface area (Å²) in [4.78, 5) is 14.3. The van der Waals surface area contributed by atoms with E-state index in [1.54, 1.807) is 12.1 Å². The van der Waals surface area contributed by atoms with Crippen LogP contribution in [0.25, 0.3) is 0 Å². The fraction of sp³-hybridized carbons (Fsp3) is 0.526. The zero-order valence-electron chi connectivity index (χ0n) is 15.3. The molecule has 2 bridgehead atoms. The van der Waals surface area contributed by atoms with Gasteiger partial charge < -0.3 is 19.1 Å². The fourth-order valence-corrected chi connectivity index (χ4v) is 6.54. The molecule has 5 heterocycles. The van der Waals surface area contributed by atoms with Gasteiger partial charge >= 0.3 is 5.97 Å². The van der Waals surface area contributed by atoms with Crippen LogP contribution in [0, 0.1) is 0 Å². The van der Waals surface area contributed by atoms with Crippen molar-refractivity contribution in [2.45, 2.75) is 48.8 Å². The van der Waals surface area contributed by atoms with Crippen molar-refractivity contribution in [3.63, 3.8) is 0 Å². The van der Waals surface area contributed by atoms with Crippen LogP contribution in [0.15, 0.2) is 35.0 Å². The molecule has 0 amide bonds. The topological polar surface area (TPSA) is 59.1 Å². The minimum atomic E-state index is -1.72. The van der Waals surface area contributed by atoms with Gasteiger partial charge in [0.25, 0.3) is 0 Å². The number of carbonyl (C=O) groups is 1. The molecule has 2 aromatic heterocycles. The van der Waals surface area contributed by atoms with Crippen molar-refractivity contribution in [1.82, 2.24) is 0 Å². The van der Waals surface area contributed by atoms with Crippen LogP contribution in [0.2, 0.25) is 0 Å². The monoisotopic (exact) mass is 481 g/mol. The van der Waals surface area contributed by atoms with E-state index in [9.17, 15) is 9.90 Å². The van der Waals surface area contributed by atoms with Gasteiger partial charge in [0.2, 0.25) is 5.60 Å². The molecule has 2 aromatic rings. The van der Waals surface area contributed by atoms with Crippen LogP contribution in [0.4, 0.5) is 0 Å². The smallest absolute Gasteiger partial charge is 0.349 e. The largest absolute Gasteiger partial charge is 0.459 e. The maximum Gasteiger partial charge on any atom is 0.349 e. The average Bonchev–Trinajstić information content (AvgIpc) is 2.98. The summed E-state index contributed by atoms with van der Waals surface area (Å²) in [5.74, 6) is -0.561. The van der Waals surface area contributed by atoms with Gasteiger partial charge in [0.05, 0.1) is 23.8 Å². The molecule has 3 aliphatic heterocycles. The number of piperidine rings is 1. The Labute approximate surface area is 191 Å². The van der Waals surface area contributed by atoms with Crippen molar-refractivity contribution < 1.29 is 56.6 Å². The first-order valence-electron chi connectivity index (χ1n) is 8.92. The number of thiophene rings is 2. The summed E-state index contributed by atoms with van der Waals surface area (Å²) in [5, 5.41) is 15.1. The van der Waals surface area contributed by atoms with Gasteiger partial charge in [-0.1, -0.05) is 12.1 Å². The normalized spacial score (nSPS) is 33.1. The number of morpholine rings is 1. The number of ether oxygens (including phenoxy) is 2. The molecule has 0 aliphatic carbocycles. The molecule has 5 atom stereocenters. The molecule has 0 spiro atoms. The van der Waals surface area contributed by atoms with E-state index in [1.165, 1.54) is 22.7 Å². The van der Waals surface area contributed by atoms with Crippen molar-refractivity contribution in [2.75, 3.05) is 14.1 Å². The molecule has 1 N–H and O–H groups in total. The molecule has 0 saturated carbocycles. The van der Waals surface area contributed by atoms with Crippen LogP contribution >= 0.6 is 22.7 Å². The predicted octanol–water partition coefficient (Wildman–Crippen LogP) is 2.34. The Kier molecular flexibility index (Phi) is 5.20. The van der Waals surface area contributed by atoms with E-state index in [-0.39, 0.29) is 38.8 Å². The van der Waals surface area contributed by atoms with Gasteiger partial charge in [0.1, 0.15) is 30.4 Å². The number of carbonyl (C=O) groups excluding carboxylic acids is 1. The molecule has 141 valence electrons. The number of hydrogen-bond acceptors (Lipinski definition) is 6. The minimum Gasteiger partial charge on any atom is -0.459 e. The fourth-order valence-electron chi connectivity index (χ4n) is 4.83. The van der Waals surface area contributed by atoms with E-state index in [1.807, 2.05) is 22.9 Å². The van der Waals surface area contributed by atoms with Gasteiger partial charge in [0, 0.05) is 45.6 Å². The molecule has 3 fully saturated rings. The van der Waals surface area contributed by atoms with Crippen LogP contribution in [-0.4, -0.2) is 60.0 Å². The molecular formula is C19H22NO4S2Y+. The second-order valence-electron chi connectivity index (χ2n) is 7.99. The zero-order valence-corrected chi connectivity index (χ0v) is 19.7. The molecular weight excluding hydrogens is 459 g/mol. The summed E-state index contributed by atoms with van der Waals surface area (Å²) in [7, 11) is 4.49. The van der Waals surface area contributed by atoms with E-state index in [2.05, 4.69) is 14.1 Å². The van der Waals surface area contributed by atoms with Crippen molar-refractivity contribution >= 4 is 28.6 Å². The number of aliphatic hydroxyl groups is 1. The number of fused-ring (bicyclic) bond motifs is 5. The van der Waals surface area contributed by atoms with Crippen molar-refractivity contribution in [3.05, 3.63) is 44.8 Å². The van der Waals surface area contributed by atoms with Crippen molar-refractivity contribution in [3.8, 4) is 0 Å². The van der Waals surface area contributed by atoms with Gasteiger partial charge in [-0.15, -0.1) is 22.7 Å². The van der Waals surface area contributed by atoms with Crippen LogP contribution < -0.4 is 0 Å². The Morgan fingerprint density at radius 1 is 1.15 bits per heavy atom. The van der Waals surface area contributed by atoms with Crippen molar-refractivity contribution in [1.29, 1.82) is 0 Å². The quantitative estimate of drug-likeness (QED) is 0.414. The second kappa shape index (κ2) is 6.97. The first-order valence-corrected chi connectivity index (χ1v) is 10.7. The van der Waals surface area contributed by atoms with Gasteiger partial charge in [0.15, 0.2) is 0 Å². The molecule has 27 heavy (non-hydrogen) atoms. The van der Waals surface area contributed by atoms with E-state index in [0.29, 0.717) is 34.0 Å². The Bertz CT molecular complexity index is 769.